The van der Waals surface area contributed by atoms with Gasteiger partial charge in [-0.05, 0) is 73.2 Å². The highest BCUT2D eigenvalue weighted by molar-refractivity contribution is 5.43. The average molecular weight is 257 g/mol. The van der Waals surface area contributed by atoms with Crippen molar-refractivity contribution in [2.24, 2.45) is 5.73 Å². The SMILES string of the molecule is Cc1ccc(C(N)c2c(C)cc(F)cc2C)cc1C. The minimum Gasteiger partial charge on any atom is -0.320 e. The summed E-state index contributed by atoms with van der Waals surface area (Å²) in [5, 5.41) is 0. The quantitative estimate of drug-likeness (QED) is 0.861. The van der Waals surface area contributed by atoms with Crippen LogP contribution >= 0.6 is 0 Å². The lowest BCUT2D eigenvalue weighted by Gasteiger charge is -2.19. The Bertz CT molecular complexity index is 594. The van der Waals surface area contributed by atoms with E-state index < -0.39 is 0 Å². The van der Waals surface area contributed by atoms with Crippen LogP contribution in [0.15, 0.2) is 30.3 Å². The molecular formula is C17H20FN. The largest absolute Gasteiger partial charge is 0.320 e. The first kappa shape index (κ1) is 13.8. The third-order valence-corrected chi connectivity index (χ3v) is 3.76. The Labute approximate surface area is 114 Å². The van der Waals surface area contributed by atoms with Crippen molar-refractivity contribution in [3.8, 4) is 0 Å². The lowest BCUT2D eigenvalue weighted by molar-refractivity contribution is 0.623. The van der Waals surface area contributed by atoms with Gasteiger partial charge in [-0.1, -0.05) is 18.2 Å². The molecule has 0 saturated heterocycles. The van der Waals surface area contributed by atoms with Gasteiger partial charge in [0.05, 0.1) is 6.04 Å². The van der Waals surface area contributed by atoms with Gasteiger partial charge in [0.25, 0.3) is 0 Å². The topological polar surface area (TPSA) is 26.0 Å². The van der Waals surface area contributed by atoms with Gasteiger partial charge in [0, 0.05) is 0 Å². The van der Waals surface area contributed by atoms with E-state index in [1.165, 1.54) is 11.1 Å². The van der Waals surface area contributed by atoms with Crippen molar-refractivity contribution in [3.05, 3.63) is 69.5 Å². The molecule has 0 aromatic heterocycles. The molecule has 2 heteroatoms. The van der Waals surface area contributed by atoms with Gasteiger partial charge in [-0.15, -0.1) is 0 Å². The molecule has 2 aromatic rings. The number of halogens is 1. The van der Waals surface area contributed by atoms with E-state index in [1.807, 2.05) is 13.8 Å². The molecule has 0 fully saturated rings. The van der Waals surface area contributed by atoms with E-state index in [0.29, 0.717) is 0 Å². The van der Waals surface area contributed by atoms with E-state index in [4.69, 9.17) is 5.73 Å². The van der Waals surface area contributed by atoms with Gasteiger partial charge >= 0.3 is 0 Å². The molecule has 1 unspecified atom stereocenters. The number of hydrogen-bond donors (Lipinski definition) is 1. The molecule has 0 bridgehead atoms. The smallest absolute Gasteiger partial charge is 0.123 e. The second kappa shape index (κ2) is 5.14. The molecule has 0 aliphatic rings. The van der Waals surface area contributed by atoms with Gasteiger partial charge in [-0.25, -0.2) is 4.39 Å². The van der Waals surface area contributed by atoms with Crippen molar-refractivity contribution in [2.45, 2.75) is 33.7 Å². The molecule has 2 N–H and O–H groups in total. The van der Waals surface area contributed by atoms with E-state index in [9.17, 15) is 4.39 Å². The van der Waals surface area contributed by atoms with Crippen LogP contribution in [0.5, 0.6) is 0 Å². The maximum atomic E-state index is 13.4. The van der Waals surface area contributed by atoms with Crippen LogP contribution < -0.4 is 5.73 Å². The Morgan fingerprint density at radius 2 is 1.42 bits per heavy atom. The van der Waals surface area contributed by atoms with Crippen LogP contribution in [0.1, 0.15) is 39.4 Å². The van der Waals surface area contributed by atoms with Crippen LogP contribution in [0.2, 0.25) is 0 Å². The lowest BCUT2D eigenvalue weighted by atomic mass is 9.90. The van der Waals surface area contributed by atoms with Gasteiger partial charge < -0.3 is 5.73 Å². The number of benzene rings is 2. The summed E-state index contributed by atoms with van der Waals surface area (Å²) >= 11 is 0. The number of rotatable bonds is 2. The maximum absolute atomic E-state index is 13.4. The van der Waals surface area contributed by atoms with Crippen molar-refractivity contribution in [2.75, 3.05) is 0 Å². The molecule has 2 aromatic carbocycles. The zero-order valence-corrected chi connectivity index (χ0v) is 11.9. The van der Waals surface area contributed by atoms with Crippen molar-refractivity contribution in [1.82, 2.24) is 0 Å². The Hall–Kier alpha value is -1.67. The van der Waals surface area contributed by atoms with Crippen LogP contribution in [-0.4, -0.2) is 0 Å². The Balaban J connectivity index is 2.49. The molecule has 100 valence electrons. The molecule has 1 atom stereocenters. The fourth-order valence-corrected chi connectivity index (χ4v) is 2.54. The second-order valence-electron chi connectivity index (χ2n) is 5.27. The van der Waals surface area contributed by atoms with Crippen LogP contribution in [0.25, 0.3) is 0 Å². The summed E-state index contributed by atoms with van der Waals surface area (Å²) < 4.78 is 13.4. The standard InChI is InChI=1S/C17H20FN/c1-10-5-6-14(7-11(10)2)17(19)16-12(3)8-15(18)9-13(16)4/h5-9,17H,19H2,1-4H3. The van der Waals surface area contributed by atoms with E-state index >= 15 is 0 Å². The first-order valence-electron chi connectivity index (χ1n) is 6.49. The van der Waals surface area contributed by atoms with Gasteiger partial charge in [-0.2, -0.15) is 0 Å². The monoisotopic (exact) mass is 257 g/mol. The van der Waals surface area contributed by atoms with Crippen LogP contribution in [-0.2, 0) is 0 Å². The Morgan fingerprint density at radius 3 is 1.95 bits per heavy atom. The fraction of sp³-hybridized carbons (Fsp3) is 0.294. The number of hydrogen-bond acceptors (Lipinski definition) is 1. The van der Waals surface area contributed by atoms with Crippen molar-refractivity contribution in [3.63, 3.8) is 0 Å². The summed E-state index contributed by atoms with van der Waals surface area (Å²) in [6.45, 7) is 7.98. The van der Waals surface area contributed by atoms with Crippen molar-refractivity contribution < 1.29 is 4.39 Å². The molecule has 0 radical (unpaired) electrons. The van der Waals surface area contributed by atoms with E-state index in [2.05, 4.69) is 32.0 Å². The maximum Gasteiger partial charge on any atom is 0.123 e. The summed E-state index contributed by atoms with van der Waals surface area (Å²) in [5.74, 6) is -0.203. The zero-order chi connectivity index (χ0) is 14.2. The highest BCUT2D eigenvalue weighted by Crippen LogP contribution is 2.27. The third-order valence-electron chi connectivity index (χ3n) is 3.76. The first-order chi connectivity index (χ1) is 8.90. The Morgan fingerprint density at radius 1 is 0.842 bits per heavy atom. The third kappa shape index (κ3) is 2.69. The summed E-state index contributed by atoms with van der Waals surface area (Å²) in [7, 11) is 0. The van der Waals surface area contributed by atoms with Crippen LogP contribution in [0.4, 0.5) is 4.39 Å². The molecule has 0 aliphatic heterocycles. The second-order valence-corrected chi connectivity index (χ2v) is 5.27. The van der Waals surface area contributed by atoms with E-state index in [0.717, 1.165) is 22.3 Å². The summed E-state index contributed by atoms with van der Waals surface area (Å²) in [5.41, 5.74) is 12.7. The van der Waals surface area contributed by atoms with Crippen LogP contribution in [0.3, 0.4) is 0 Å². The fourth-order valence-electron chi connectivity index (χ4n) is 2.54. The summed E-state index contributed by atoms with van der Waals surface area (Å²) in [6, 6.07) is 9.13. The molecule has 0 heterocycles. The van der Waals surface area contributed by atoms with Gasteiger partial charge in [0.2, 0.25) is 0 Å². The predicted molar refractivity (Wildman–Crippen MR) is 77.8 cm³/mol. The van der Waals surface area contributed by atoms with Crippen molar-refractivity contribution in [1.29, 1.82) is 0 Å². The lowest BCUT2D eigenvalue weighted by Crippen LogP contribution is -2.15. The zero-order valence-electron chi connectivity index (χ0n) is 11.9. The molecule has 1 nitrogen and oxygen atoms in total. The first-order valence-corrected chi connectivity index (χ1v) is 6.49. The predicted octanol–water partition coefficient (Wildman–Crippen LogP) is 4.11. The molecule has 19 heavy (non-hydrogen) atoms. The molecule has 2 rings (SSSR count). The normalized spacial score (nSPS) is 12.5. The molecule has 0 aliphatic carbocycles. The van der Waals surface area contributed by atoms with Crippen molar-refractivity contribution >= 4 is 0 Å². The number of nitrogens with two attached hydrogens (primary N) is 1. The van der Waals surface area contributed by atoms with Gasteiger partial charge in [0.1, 0.15) is 5.82 Å². The number of aryl methyl sites for hydroxylation is 4. The summed E-state index contributed by atoms with van der Waals surface area (Å²) in [6.07, 6.45) is 0. The summed E-state index contributed by atoms with van der Waals surface area (Å²) in [4.78, 5) is 0. The van der Waals surface area contributed by atoms with E-state index in [-0.39, 0.29) is 11.9 Å². The van der Waals surface area contributed by atoms with E-state index in [1.54, 1.807) is 12.1 Å². The minimum atomic E-state index is -0.208. The molecule has 0 amide bonds. The Kier molecular flexibility index (Phi) is 3.72. The van der Waals surface area contributed by atoms with Crippen LogP contribution in [0, 0.1) is 33.5 Å². The minimum absolute atomic E-state index is 0.203. The molecular weight excluding hydrogens is 237 g/mol. The highest BCUT2D eigenvalue weighted by Gasteiger charge is 2.15. The molecule has 0 spiro atoms. The van der Waals surface area contributed by atoms with Gasteiger partial charge in [-0.3, -0.25) is 0 Å². The highest BCUT2D eigenvalue weighted by atomic mass is 19.1. The molecule has 0 saturated carbocycles. The average Bonchev–Trinajstić information content (AvgIpc) is 2.31. The van der Waals surface area contributed by atoms with Gasteiger partial charge in [0.15, 0.2) is 0 Å².